The van der Waals surface area contributed by atoms with Crippen molar-refractivity contribution in [1.82, 2.24) is 4.98 Å². The molecule has 0 unspecified atom stereocenters. The molecule has 1 heterocycles. The van der Waals surface area contributed by atoms with Gasteiger partial charge in [-0.3, -0.25) is 4.79 Å². The van der Waals surface area contributed by atoms with E-state index in [9.17, 15) is 18.4 Å². The molecule has 1 aromatic rings. The highest BCUT2D eigenvalue weighted by Crippen LogP contribution is 2.15. The number of halogens is 2. The monoisotopic (exact) mass is 242 g/mol. The Kier molecular flexibility index (Phi) is 3.93. The van der Waals surface area contributed by atoms with Crippen molar-refractivity contribution in [2.75, 3.05) is 6.61 Å². The standard InChI is InChI=1S/C10H8F2N2O3/c1-2-17-10(16)7-5(3-13)8(15)6(4-14-7)9(11)12/h4,9H,2H2,1H3,(H,14,15). The highest BCUT2D eigenvalue weighted by atomic mass is 19.3. The number of aromatic nitrogens is 1. The number of rotatable bonds is 3. The number of pyridine rings is 1. The number of hydrogen-bond acceptors (Lipinski definition) is 4. The van der Waals surface area contributed by atoms with Gasteiger partial charge < -0.3 is 9.72 Å². The van der Waals surface area contributed by atoms with Crippen LogP contribution in [-0.2, 0) is 4.74 Å². The van der Waals surface area contributed by atoms with Gasteiger partial charge in [-0.15, -0.1) is 0 Å². The van der Waals surface area contributed by atoms with E-state index in [1.165, 1.54) is 13.0 Å². The van der Waals surface area contributed by atoms with Gasteiger partial charge in [0.15, 0.2) is 0 Å². The van der Waals surface area contributed by atoms with Crippen LogP contribution in [0.3, 0.4) is 0 Å². The third-order valence-corrected chi connectivity index (χ3v) is 1.94. The number of H-pyrrole nitrogens is 1. The normalized spacial score (nSPS) is 10.1. The van der Waals surface area contributed by atoms with E-state index in [2.05, 4.69) is 9.72 Å². The smallest absolute Gasteiger partial charge is 0.356 e. The largest absolute Gasteiger partial charge is 0.461 e. The molecular formula is C10H8F2N2O3. The summed E-state index contributed by atoms with van der Waals surface area (Å²) < 4.78 is 29.3. The van der Waals surface area contributed by atoms with Crippen LogP contribution in [0.1, 0.15) is 35.0 Å². The topological polar surface area (TPSA) is 83.0 Å². The van der Waals surface area contributed by atoms with Gasteiger partial charge in [-0.05, 0) is 6.92 Å². The number of nitriles is 1. The molecule has 1 rings (SSSR count). The summed E-state index contributed by atoms with van der Waals surface area (Å²) in [5.41, 5.74) is -3.09. The van der Waals surface area contributed by atoms with Gasteiger partial charge in [0.2, 0.25) is 5.43 Å². The van der Waals surface area contributed by atoms with Gasteiger partial charge in [-0.1, -0.05) is 0 Å². The van der Waals surface area contributed by atoms with Crippen LogP contribution in [0.4, 0.5) is 8.78 Å². The maximum absolute atomic E-state index is 12.4. The predicted molar refractivity (Wildman–Crippen MR) is 52.7 cm³/mol. The molecule has 0 saturated heterocycles. The average molecular weight is 242 g/mol. The van der Waals surface area contributed by atoms with E-state index in [1.807, 2.05) is 0 Å². The second-order valence-corrected chi connectivity index (χ2v) is 2.96. The van der Waals surface area contributed by atoms with Crippen LogP contribution in [0.5, 0.6) is 0 Å². The van der Waals surface area contributed by atoms with E-state index in [-0.39, 0.29) is 6.61 Å². The van der Waals surface area contributed by atoms with E-state index in [1.54, 1.807) is 0 Å². The maximum Gasteiger partial charge on any atom is 0.356 e. The number of esters is 1. The molecule has 0 amide bonds. The minimum Gasteiger partial charge on any atom is -0.461 e. The number of carbonyl (C=O) groups excluding carboxylic acids is 1. The Morgan fingerprint density at radius 1 is 1.65 bits per heavy atom. The van der Waals surface area contributed by atoms with Gasteiger partial charge in [-0.25, -0.2) is 13.6 Å². The Morgan fingerprint density at radius 2 is 2.29 bits per heavy atom. The van der Waals surface area contributed by atoms with Crippen molar-refractivity contribution in [1.29, 1.82) is 5.26 Å². The lowest BCUT2D eigenvalue weighted by molar-refractivity contribution is 0.0518. The third kappa shape index (κ3) is 2.47. The quantitative estimate of drug-likeness (QED) is 0.811. The Morgan fingerprint density at radius 3 is 2.76 bits per heavy atom. The van der Waals surface area contributed by atoms with Gasteiger partial charge in [0.05, 0.1) is 12.2 Å². The summed E-state index contributed by atoms with van der Waals surface area (Å²) in [7, 11) is 0. The van der Waals surface area contributed by atoms with Crippen molar-refractivity contribution in [3.8, 4) is 6.07 Å². The Labute approximate surface area is 94.6 Å². The lowest BCUT2D eigenvalue weighted by atomic mass is 10.1. The van der Waals surface area contributed by atoms with E-state index in [4.69, 9.17) is 5.26 Å². The van der Waals surface area contributed by atoms with E-state index in [0.717, 1.165) is 0 Å². The number of nitrogens with zero attached hydrogens (tertiary/aromatic N) is 1. The van der Waals surface area contributed by atoms with Gasteiger partial charge in [0, 0.05) is 6.20 Å². The first-order valence-electron chi connectivity index (χ1n) is 4.63. The van der Waals surface area contributed by atoms with Crippen LogP contribution < -0.4 is 5.43 Å². The fraction of sp³-hybridized carbons (Fsp3) is 0.300. The van der Waals surface area contributed by atoms with Crippen molar-refractivity contribution in [3.05, 3.63) is 33.2 Å². The maximum atomic E-state index is 12.4. The minimum atomic E-state index is -3.01. The molecule has 1 N–H and O–H groups in total. The molecule has 17 heavy (non-hydrogen) atoms. The van der Waals surface area contributed by atoms with Gasteiger partial charge in [0.25, 0.3) is 6.43 Å². The van der Waals surface area contributed by atoms with Crippen LogP contribution in [-0.4, -0.2) is 17.6 Å². The van der Waals surface area contributed by atoms with Crippen molar-refractivity contribution in [3.63, 3.8) is 0 Å². The summed E-state index contributed by atoms with van der Waals surface area (Å²) >= 11 is 0. The molecule has 0 aliphatic carbocycles. The van der Waals surface area contributed by atoms with Crippen molar-refractivity contribution >= 4 is 5.97 Å². The van der Waals surface area contributed by atoms with Gasteiger partial charge in [-0.2, -0.15) is 5.26 Å². The summed E-state index contributed by atoms with van der Waals surface area (Å²) in [6.45, 7) is 1.58. The number of alkyl halides is 2. The molecule has 0 saturated carbocycles. The third-order valence-electron chi connectivity index (χ3n) is 1.94. The lowest BCUT2D eigenvalue weighted by Crippen LogP contribution is -2.20. The van der Waals surface area contributed by atoms with E-state index in [0.29, 0.717) is 6.20 Å². The number of hydrogen-bond donors (Lipinski definition) is 1. The minimum absolute atomic E-state index is 0.0440. The number of carbonyl (C=O) groups is 1. The Hall–Kier alpha value is -2.23. The molecule has 0 aliphatic heterocycles. The zero-order valence-corrected chi connectivity index (χ0v) is 8.79. The predicted octanol–water partition coefficient (Wildman–Crippen LogP) is 1.36. The van der Waals surface area contributed by atoms with Crippen LogP contribution in [0.2, 0.25) is 0 Å². The summed E-state index contributed by atoms with van der Waals surface area (Å²) in [5.74, 6) is -0.929. The van der Waals surface area contributed by atoms with E-state index >= 15 is 0 Å². The molecule has 0 spiro atoms. The molecule has 0 atom stereocenters. The van der Waals surface area contributed by atoms with Crippen molar-refractivity contribution < 1.29 is 18.3 Å². The first kappa shape index (κ1) is 12.8. The van der Waals surface area contributed by atoms with Crippen LogP contribution in [0.15, 0.2) is 11.0 Å². The van der Waals surface area contributed by atoms with Gasteiger partial charge in [0.1, 0.15) is 17.3 Å². The highest BCUT2D eigenvalue weighted by molar-refractivity contribution is 5.90. The summed E-state index contributed by atoms with van der Waals surface area (Å²) in [6, 6.07) is 1.42. The summed E-state index contributed by atoms with van der Waals surface area (Å²) in [6.07, 6.45) is -2.30. The molecule has 0 bridgehead atoms. The first-order valence-corrected chi connectivity index (χ1v) is 4.63. The van der Waals surface area contributed by atoms with Gasteiger partial charge >= 0.3 is 5.97 Å². The van der Waals surface area contributed by atoms with Crippen molar-refractivity contribution in [2.45, 2.75) is 13.3 Å². The summed E-state index contributed by atoms with van der Waals surface area (Å²) in [5, 5.41) is 8.70. The lowest BCUT2D eigenvalue weighted by Gasteiger charge is -2.05. The number of ether oxygens (including phenoxy) is 1. The number of nitrogens with one attached hydrogen (secondary N) is 1. The summed E-state index contributed by atoms with van der Waals surface area (Å²) in [4.78, 5) is 25.0. The molecular weight excluding hydrogens is 234 g/mol. The van der Waals surface area contributed by atoms with Crippen LogP contribution in [0, 0.1) is 11.3 Å². The Balaban J connectivity index is 3.38. The molecule has 5 nitrogen and oxygen atoms in total. The Bertz CT molecular complexity index is 531. The molecule has 0 aliphatic rings. The zero-order valence-electron chi connectivity index (χ0n) is 8.79. The number of aromatic amines is 1. The molecule has 90 valence electrons. The first-order chi connectivity index (χ1) is 8.02. The van der Waals surface area contributed by atoms with Crippen molar-refractivity contribution in [2.24, 2.45) is 0 Å². The van der Waals surface area contributed by atoms with Crippen LogP contribution in [0.25, 0.3) is 0 Å². The molecule has 0 fully saturated rings. The molecule has 0 aromatic carbocycles. The average Bonchev–Trinajstić information content (AvgIpc) is 2.28. The second-order valence-electron chi connectivity index (χ2n) is 2.96. The fourth-order valence-corrected chi connectivity index (χ4v) is 1.18. The molecule has 7 heteroatoms. The molecule has 0 radical (unpaired) electrons. The zero-order chi connectivity index (χ0) is 13.0. The second kappa shape index (κ2) is 5.21. The fourth-order valence-electron chi connectivity index (χ4n) is 1.18. The SMILES string of the molecule is CCOC(=O)c1[nH]cc(C(F)F)c(=O)c1C#N. The van der Waals surface area contributed by atoms with Crippen LogP contribution >= 0.6 is 0 Å². The molecule has 1 aromatic heterocycles. The van der Waals surface area contributed by atoms with E-state index < -0.39 is 34.6 Å². The highest BCUT2D eigenvalue weighted by Gasteiger charge is 2.21.